The second-order valence-corrected chi connectivity index (χ2v) is 4.15. The second-order valence-electron chi connectivity index (χ2n) is 4.15. The van der Waals surface area contributed by atoms with E-state index in [0.29, 0.717) is 6.42 Å². The summed E-state index contributed by atoms with van der Waals surface area (Å²) >= 11 is 0. The molecular weight excluding hydrogens is 202 g/mol. The lowest BCUT2D eigenvalue weighted by Crippen LogP contribution is -2.19. The van der Waals surface area contributed by atoms with Crippen molar-refractivity contribution in [2.24, 2.45) is 0 Å². The maximum atomic E-state index is 11.4. The Morgan fingerprint density at radius 2 is 2.12 bits per heavy atom. The van der Waals surface area contributed by atoms with Crippen molar-refractivity contribution in [1.29, 1.82) is 0 Å². The Kier molecular flexibility index (Phi) is 2.01. The number of hydrogen-bond donors (Lipinski definition) is 1. The largest absolute Gasteiger partial charge is 0.388 e. The third-order valence-electron chi connectivity index (χ3n) is 2.98. The number of aliphatic hydroxyl groups is 1. The Bertz CT molecular complexity index is 577. The molecule has 0 bridgehead atoms. The highest BCUT2D eigenvalue weighted by atomic mass is 16.3. The minimum Gasteiger partial charge on any atom is -0.388 e. The molecule has 1 aromatic heterocycles. The first-order valence-corrected chi connectivity index (χ1v) is 5.32. The molecule has 1 aliphatic carbocycles. The van der Waals surface area contributed by atoms with Crippen molar-refractivity contribution < 1.29 is 9.90 Å². The monoisotopic (exact) mass is 213 g/mol. The number of para-hydroxylation sites is 1. The van der Waals surface area contributed by atoms with E-state index in [-0.39, 0.29) is 12.2 Å². The average Bonchev–Trinajstić information content (AvgIpc) is 2.27. The molecular formula is C13H11NO2. The van der Waals surface area contributed by atoms with Crippen molar-refractivity contribution in [2.45, 2.75) is 18.9 Å². The Hall–Kier alpha value is -1.74. The molecule has 0 amide bonds. The molecule has 0 aliphatic heterocycles. The van der Waals surface area contributed by atoms with Gasteiger partial charge >= 0.3 is 0 Å². The van der Waals surface area contributed by atoms with E-state index in [0.717, 1.165) is 22.2 Å². The Balaban J connectivity index is 2.26. The van der Waals surface area contributed by atoms with Gasteiger partial charge in [-0.2, -0.15) is 0 Å². The first kappa shape index (κ1) is 9.48. The fraction of sp³-hybridized carbons (Fsp3) is 0.231. The predicted octanol–water partition coefficient (Wildman–Crippen LogP) is 1.78. The summed E-state index contributed by atoms with van der Waals surface area (Å²) in [6.07, 6.45) is -0.127. The third kappa shape index (κ3) is 1.41. The van der Waals surface area contributed by atoms with E-state index in [9.17, 15) is 9.90 Å². The number of rotatable bonds is 0. The average molecular weight is 213 g/mol. The van der Waals surface area contributed by atoms with Crippen molar-refractivity contribution in [1.82, 2.24) is 4.98 Å². The Morgan fingerprint density at radius 3 is 3.00 bits per heavy atom. The van der Waals surface area contributed by atoms with Crippen LogP contribution in [0.5, 0.6) is 0 Å². The van der Waals surface area contributed by atoms with Gasteiger partial charge in [0.25, 0.3) is 0 Å². The van der Waals surface area contributed by atoms with Crippen LogP contribution in [0.2, 0.25) is 0 Å². The van der Waals surface area contributed by atoms with Gasteiger partial charge < -0.3 is 5.11 Å². The highest BCUT2D eigenvalue weighted by Crippen LogP contribution is 2.29. The fourth-order valence-corrected chi connectivity index (χ4v) is 2.19. The summed E-state index contributed by atoms with van der Waals surface area (Å²) in [5.41, 5.74) is 2.41. The molecule has 0 saturated heterocycles. The minimum atomic E-state index is -0.687. The summed E-state index contributed by atoms with van der Waals surface area (Å²) < 4.78 is 0. The van der Waals surface area contributed by atoms with E-state index < -0.39 is 6.10 Å². The standard InChI is InChI=1S/C13H11NO2/c15-9-6-12-10(13(16)7-9)5-8-3-1-2-4-11(8)14-12/h1-5,13,16H,6-7H2. The zero-order valence-corrected chi connectivity index (χ0v) is 8.68. The molecule has 0 saturated carbocycles. The lowest BCUT2D eigenvalue weighted by Gasteiger charge is -2.20. The van der Waals surface area contributed by atoms with Gasteiger partial charge in [-0.15, -0.1) is 0 Å². The number of carbonyl (C=O) groups excluding carboxylic acids is 1. The molecule has 1 aromatic carbocycles. The predicted molar refractivity (Wildman–Crippen MR) is 60.0 cm³/mol. The SMILES string of the molecule is O=C1Cc2nc3ccccc3cc2C(O)C1. The minimum absolute atomic E-state index is 0.0581. The molecule has 16 heavy (non-hydrogen) atoms. The molecule has 3 rings (SSSR count). The number of aromatic nitrogens is 1. The van der Waals surface area contributed by atoms with Crippen LogP contribution in [0.1, 0.15) is 23.8 Å². The van der Waals surface area contributed by atoms with Crippen LogP contribution >= 0.6 is 0 Å². The molecule has 80 valence electrons. The molecule has 0 fully saturated rings. The highest BCUT2D eigenvalue weighted by molar-refractivity contribution is 5.86. The number of ketones is 1. The molecule has 1 N–H and O–H groups in total. The molecule has 2 aromatic rings. The summed E-state index contributed by atoms with van der Waals surface area (Å²) in [7, 11) is 0. The van der Waals surface area contributed by atoms with Gasteiger partial charge in [-0.05, 0) is 12.1 Å². The van der Waals surface area contributed by atoms with Gasteiger partial charge in [0.05, 0.1) is 17.3 Å². The summed E-state index contributed by atoms with van der Waals surface area (Å²) in [5, 5.41) is 10.8. The first-order valence-electron chi connectivity index (χ1n) is 5.32. The smallest absolute Gasteiger partial charge is 0.141 e. The maximum absolute atomic E-state index is 11.4. The van der Waals surface area contributed by atoms with Crippen molar-refractivity contribution >= 4 is 16.7 Å². The van der Waals surface area contributed by atoms with E-state index in [2.05, 4.69) is 4.98 Å². The number of hydrogen-bond acceptors (Lipinski definition) is 3. The zero-order valence-electron chi connectivity index (χ0n) is 8.68. The zero-order chi connectivity index (χ0) is 11.1. The van der Waals surface area contributed by atoms with Gasteiger partial charge in [0.1, 0.15) is 5.78 Å². The van der Waals surface area contributed by atoms with Gasteiger partial charge in [0.2, 0.25) is 0 Å². The van der Waals surface area contributed by atoms with Crippen molar-refractivity contribution in [2.75, 3.05) is 0 Å². The number of benzene rings is 1. The number of Topliss-reactive ketones (excluding diaryl/α,β-unsaturated/α-hetero) is 1. The molecule has 0 radical (unpaired) electrons. The number of nitrogens with zero attached hydrogens (tertiary/aromatic N) is 1. The normalized spacial score (nSPS) is 19.8. The van der Waals surface area contributed by atoms with Gasteiger partial charge in [0, 0.05) is 23.8 Å². The van der Waals surface area contributed by atoms with Crippen LogP contribution in [0.15, 0.2) is 30.3 Å². The molecule has 1 atom stereocenters. The van der Waals surface area contributed by atoms with E-state index in [1.807, 2.05) is 30.3 Å². The molecule has 3 nitrogen and oxygen atoms in total. The summed E-state index contributed by atoms with van der Waals surface area (Å²) in [6, 6.07) is 9.68. The summed E-state index contributed by atoms with van der Waals surface area (Å²) in [5.74, 6) is 0.0581. The van der Waals surface area contributed by atoms with E-state index in [4.69, 9.17) is 0 Å². The van der Waals surface area contributed by atoms with Crippen LogP contribution < -0.4 is 0 Å². The lowest BCUT2D eigenvalue weighted by atomic mass is 9.91. The molecule has 0 spiro atoms. The van der Waals surface area contributed by atoms with Crippen LogP contribution in [0.3, 0.4) is 0 Å². The molecule has 1 heterocycles. The van der Waals surface area contributed by atoms with Gasteiger partial charge in [0.15, 0.2) is 0 Å². The summed E-state index contributed by atoms with van der Waals surface area (Å²) in [4.78, 5) is 15.8. The van der Waals surface area contributed by atoms with Crippen LogP contribution in [-0.2, 0) is 11.2 Å². The fourth-order valence-electron chi connectivity index (χ4n) is 2.19. The second kappa shape index (κ2) is 3.39. The van der Waals surface area contributed by atoms with Crippen molar-refractivity contribution in [3.8, 4) is 0 Å². The van der Waals surface area contributed by atoms with Crippen LogP contribution in [0.25, 0.3) is 10.9 Å². The quantitative estimate of drug-likeness (QED) is 0.725. The number of fused-ring (bicyclic) bond motifs is 2. The third-order valence-corrected chi connectivity index (χ3v) is 2.98. The highest BCUT2D eigenvalue weighted by Gasteiger charge is 2.24. The first-order chi connectivity index (χ1) is 7.74. The number of carbonyl (C=O) groups is 1. The molecule has 1 unspecified atom stereocenters. The summed E-state index contributed by atoms with van der Waals surface area (Å²) in [6.45, 7) is 0. The molecule has 1 aliphatic rings. The van der Waals surface area contributed by atoms with Gasteiger partial charge in [-0.25, -0.2) is 0 Å². The van der Waals surface area contributed by atoms with Crippen molar-refractivity contribution in [3.63, 3.8) is 0 Å². The van der Waals surface area contributed by atoms with Crippen LogP contribution in [0.4, 0.5) is 0 Å². The number of aliphatic hydroxyl groups excluding tert-OH is 1. The lowest BCUT2D eigenvalue weighted by molar-refractivity contribution is -0.121. The van der Waals surface area contributed by atoms with Gasteiger partial charge in [-0.3, -0.25) is 9.78 Å². The Labute approximate surface area is 92.7 Å². The van der Waals surface area contributed by atoms with E-state index in [1.165, 1.54) is 0 Å². The van der Waals surface area contributed by atoms with Crippen LogP contribution in [-0.4, -0.2) is 15.9 Å². The van der Waals surface area contributed by atoms with E-state index >= 15 is 0 Å². The maximum Gasteiger partial charge on any atom is 0.141 e. The van der Waals surface area contributed by atoms with E-state index in [1.54, 1.807) is 0 Å². The van der Waals surface area contributed by atoms with Crippen LogP contribution in [0, 0.1) is 0 Å². The Morgan fingerprint density at radius 1 is 1.31 bits per heavy atom. The number of pyridine rings is 1. The van der Waals surface area contributed by atoms with Crippen molar-refractivity contribution in [3.05, 3.63) is 41.6 Å². The topological polar surface area (TPSA) is 50.2 Å². The molecule has 3 heteroatoms. The van der Waals surface area contributed by atoms with Gasteiger partial charge in [-0.1, -0.05) is 18.2 Å².